The standard InChI is InChI=1S/C15H15Cl2NO/c1-10(11-5-2-3-6-13(11)16)18-9-12-14(17)7-4-8-15(12)19/h2-8,10,18-19H,9H2,1H3/t10-/m1/s1. The van der Waals surface area contributed by atoms with Crippen LogP contribution in [-0.2, 0) is 6.54 Å². The van der Waals surface area contributed by atoms with Crippen LogP contribution in [0, 0.1) is 0 Å². The molecule has 1 atom stereocenters. The van der Waals surface area contributed by atoms with Crippen molar-refractivity contribution in [2.24, 2.45) is 0 Å². The van der Waals surface area contributed by atoms with Crippen LogP contribution in [0.4, 0.5) is 0 Å². The number of benzene rings is 2. The Bertz CT molecular complexity index is 552. The molecular weight excluding hydrogens is 281 g/mol. The Morgan fingerprint density at radius 3 is 2.42 bits per heavy atom. The summed E-state index contributed by atoms with van der Waals surface area (Å²) in [6.07, 6.45) is 0. The van der Waals surface area contributed by atoms with Gasteiger partial charge in [-0.1, -0.05) is 47.5 Å². The van der Waals surface area contributed by atoms with E-state index in [1.165, 1.54) is 0 Å². The minimum atomic E-state index is 0.0735. The molecule has 0 amide bonds. The Balaban J connectivity index is 2.09. The maximum absolute atomic E-state index is 9.78. The smallest absolute Gasteiger partial charge is 0.121 e. The van der Waals surface area contributed by atoms with Crippen molar-refractivity contribution in [1.82, 2.24) is 5.32 Å². The van der Waals surface area contributed by atoms with Crippen molar-refractivity contribution in [3.05, 3.63) is 63.6 Å². The van der Waals surface area contributed by atoms with Gasteiger partial charge in [0, 0.05) is 28.2 Å². The third-order valence-corrected chi connectivity index (χ3v) is 3.75. The first kappa shape index (κ1) is 14.2. The first-order valence-electron chi connectivity index (χ1n) is 6.03. The van der Waals surface area contributed by atoms with E-state index in [9.17, 15) is 5.11 Å². The quantitative estimate of drug-likeness (QED) is 0.867. The number of rotatable bonds is 4. The molecule has 4 heteroatoms. The lowest BCUT2D eigenvalue weighted by Gasteiger charge is -2.16. The van der Waals surface area contributed by atoms with Gasteiger partial charge in [-0.3, -0.25) is 0 Å². The molecule has 2 aromatic rings. The molecule has 0 spiro atoms. The summed E-state index contributed by atoms with van der Waals surface area (Å²) in [5, 5.41) is 14.4. The molecule has 0 aliphatic rings. The molecule has 0 aliphatic carbocycles. The maximum atomic E-state index is 9.78. The van der Waals surface area contributed by atoms with Crippen LogP contribution in [0.1, 0.15) is 24.1 Å². The van der Waals surface area contributed by atoms with Gasteiger partial charge >= 0.3 is 0 Å². The number of halogens is 2. The largest absolute Gasteiger partial charge is 0.508 e. The molecule has 0 unspecified atom stereocenters. The fourth-order valence-electron chi connectivity index (χ4n) is 1.91. The number of nitrogens with one attached hydrogen (secondary N) is 1. The van der Waals surface area contributed by atoms with Crippen molar-refractivity contribution < 1.29 is 5.11 Å². The van der Waals surface area contributed by atoms with Gasteiger partial charge in [0.2, 0.25) is 0 Å². The number of aromatic hydroxyl groups is 1. The predicted octanol–water partition coefficient (Wildman–Crippen LogP) is 4.55. The van der Waals surface area contributed by atoms with Crippen LogP contribution >= 0.6 is 23.2 Å². The van der Waals surface area contributed by atoms with E-state index in [0.717, 1.165) is 10.6 Å². The molecule has 0 bridgehead atoms. The zero-order valence-corrected chi connectivity index (χ0v) is 12.0. The Hall–Kier alpha value is -1.22. The van der Waals surface area contributed by atoms with E-state index in [1.807, 2.05) is 31.2 Å². The van der Waals surface area contributed by atoms with Crippen LogP contribution in [0.25, 0.3) is 0 Å². The lowest BCUT2D eigenvalue weighted by Crippen LogP contribution is -2.18. The number of hydrogen-bond donors (Lipinski definition) is 2. The van der Waals surface area contributed by atoms with Crippen molar-refractivity contribution in [2.45, 2.75) is 19.5 Å². The third-order valence-electron chi connectivity index (χ3n) is 3.05. The van der Waals surface area contributed by atoms with Gasteiger partial charge in [0.05, 0.1) is 0 Å². The lowest BCUT2D eigenvalue weighted by atomic mass is 10.1. The molecule has 0 heterocycles. The first-order valence-corrected chi connectivity index (χ1v) is 6.79. The van der Waals surface area contributed by atoms with Crippen molar-refractivity contribution in [3.63, 3.8) is 0 Å². The summed E-state index contributed by atoms with van der Waals surface area (Å²) in [4.78, 5) is 0. The molecule has 0 aliphatic heterocycles. The second-order valence-electron chi connectivity index (χ2n) is 4.36. The van der Waals surface area contributed by atoms with Crippen LogP contribution in [-0.4, -0.2) is 5.11 Å². The summed E-state index contributed by atoms with van der Waals surface area (Å²) in [5.41, 5.74) is 1.72. The molecule has 0 saturated carbocycles. The minimum Gasteiger partial charge on any atom is -0.508 e. The molecule has 100 valence electrons. The second-order valence-corrected chi connectivity index (χ2v) is 5.18. The second kappa shape index (κ2) is 6.29. The summed E-state index contributed by atoms with van der Waals surface area (Å²) in [7, 11) is 0. The molecule has 0 radical (unpaired) electrons. The fourth-order valence-corrected chi connectivity index (χ4v) is 2.45. The number of hydrogen-bond acceptors (Lipinski definition) is 2. The Labute approximate surface area is 123 Å². The molecular formula is C15H15Cl2NO. The SMILES string of the molecule is C[C@@H](NCc1c(O)cccc1Cl)c1ccccc1Cl. The van der Waals surface area contributed by atoms with Gasteiger partial charge in [-0.25, -0.2) is 0 Å². The monoisotopic (exact) mass is 295 g/mol. The van der Waals surface area contributed by atoms with Gasteiger partial charge in [-0.05, 0) is 30.7 Å². The summed E-state index contributed by atoms with van der Waals surface area (Å²) in [6, 6.07) is 12.9. The summed E-state index contributed by atoms with van der Waals surface area (Å²) < 4.78 is 0. The van der Waals surface area contributed by atoms with Gasteiger partial charge in [0.1, 0.15) is 5.75 Å². The van der Waals surface area contributed by atoms with Crippen molar-refractivity contribution in [3.8, 4) is 5.75 Å². The molecule has 19 heavy (non-hydrogen) atoms. The third kappa shape index (κ3) is 3.41. The highest BCUT2D eigenvalue weighted by Crippen LogP contribution is 2.27. The predicted molar refractivity (Wildman–Crippen MR) is 79.8 cm³/mol. The molecule has 2 rings (SSSR count). The summed E-state index contributed by atoms with van der Waals surface area (Å²) in [6.45, 7) is 2.51. The highest BCUT2D eigenvalue weighted by atomic mass is 35.5. The van der Waals surface area contributed by atoms with Crippen LogP contribution in [0.2, 0.25) is 10.0 Å². The van der Waals surface area contributed by atoms with Crippen molar-refractivity contribution in [2.75, 3.05) is 0 Å². The number of phenolic OH excluding ortho intramolecular Hbond substituents is 1. The topological polar surface area (TPSA) is 32.3 Å². The molecule has 2 aromatic carbocycles. The van der Waals surface area contributed by atoms with Gasteiger partial charge in [0.25, 0.3) is 0 Å². The fraction of sp³-hybridized carbons (Fsp3) is 0.200. The highest BCUT2D eigenvalue weighted by molar-refractivity contribution is 6.31. The maximum Gasteiger partial charge on any atom is 0.121 e. The highest BCUT2D eigenvalue weighted by Gasteiger charge is 2.11. The molecule has 0 aromatic heterocycles. The first-order chi connectivity index (χ1) is 9.09. The van der Waals surface area contributed by atoms with Crippen LogP contribution in [0.5, 0.6) is 5.75 Å². The van der Waals surface area contributed by atoms with Gasteiger partial charge in [-0.2, -0.15) is 0 Å². The average Bonchev–Trinajstić information content (AvgIpc) is 2.38. The zero-order chi connectivity index (χ0) is 13.8. The van der Waals surface area contributed by atoms with Gasteiger partial charge in [0.15, 0.2) is 0 Å². The van der Waals surface area contributed by atoms with Crippen LogP contribution in [0.15, 0.2) is 42.5 Å². The van der Waals surface area contributed by atoms with Gasteiger partial charge in [-0.15, -0.1) is 0 Å². The van der Waals surface area contributed by atoms with Crippen molar-refractivity contribution >= 4 is 23.2 Å². The number of phenols is 1. The molecule has 2 nitrogen and oxygen atoms in total. The Morgan fingerprint density at radius 2 is 1.74 bits per heavy atom. The molecule has 0 fully saturated rings. The van der Waals surface area contributed by atoms with E-state index < -0.39 is 0 Å². The van der Waals surface area contributed by atoms with E-state index in [0.29, 0.717) is 17.1 Å². The van der Waals surface area contributed by atoms with E-state index >= 15 is 0 Å². The average molecular weight is 296 g/mol. The summed E-state index contributed by atoms with van der Waals surface area (Å²) >= 11 is 12.2. The van der Waals surface area contributed by atoms with E-state index in [1.54, 1.807) is 18.2 Å². The molecule has 0 saturated heterocycles. The normalized spacial score (nSPS) is 12.4. The molecule has 2 N–H and O–H groups in total. The minimum absolute atomic E-state index is 0.0735. The lowest BCUT2D eigenvalue weighted by molar-refractivity contribution is 0.460. The van der Waals surface area contributed by atoms with E-state index in [-0.39, 0.29) is 11.8 Å². The van der Waals surface area contributed by atoms with E-state index in [4.69, 9.17) is 23.2 Å². The van der Waals surface area contributed by atoms with Crippen molar-refractivity contribution in [1.29, 1.82) is 0 Å². The summed E-state index contributed by atoms with van der Waals surface area (Å²) in [5.74, 6) is 0.200. The van der Waals surface area contributed by atoms with E-state index in [2.05, 4.69) is 5.32 Å². The Kier molecular flexibility index (Phi) is 4.70. The van der Waals surface area contributed by atoms with Crippen LogP contribution < -0.4 is 5.32 Å². The zero-order valence-electron chi connectivity index (χ0n) is 10.5. The van der Waals surface area contributed by atoms with Crippen LogP contribution in [0.3, 0.4) is 0 Å². The van der Waals surface area contributed by atoms with Gasteiger partial charge < -0.3 is 10.4 Å². The Morgan fingerprint density at radius 1 is 1.05 bits per heavy atom.